The van der Waals surface area contributed by atoms with Crippen molar-refractivity contribution in [2.45, 2.75) is 30.6 Å². The molecule has 1 heterocycles. The van der Waals surface area contributed by atoms with Gasteiger partial charge in [0, 0.05) is 35.6 Å². The van der Waals surface area contributed by atoms with Crippen molar-refractivity contribution in [1.29, 1.82) is 0 Å². The molecule has 0 spiro atoms. The highest BCUT2D eigenvalue weighted by molar-refractivity contribution is 6.31. The minimum Gasteiger partial charge on any atom is -0.508 e. The molecule has 2 fully saturated rings. The van der Waals surface area contributed by atoms with Crippen molar-refractivity contribution in [3.05, 3.63) is 143 Å². The highest BCUT2D eigenvalue weighted by Gasteiger charge is 2.66. The zero-order valence-electron chi connectivity index (χ0n) is 28.1. The molecule has 8 rings (SSSR count). The van der Waals surface area contributed by atoms with Crippen LogP contribution in [0.1, 0.15) is 41.0 Å². The summed E-state index contributed by atoms with van der Waals surface area (Å²) in [6.07, 6.45) is 4.47. The van der Waals surface area contributed by atoms with Crippen LogP contribution in [0.3, 0.4) is 0 Å². The molecule has 2 amide bonds. The number of Topliss-reactive ketones (excluding diaryl/α,β-unsaturated/α-hetero) is 1. The molecule has 1 aliphatic heterocycles. The summed E-state index contributed by atoms with van der Waals surface area (Å²) in [6, 6.07) is 30.1. The van der Waals surface area contributed by atoms with E-state index in [1.165, 1.54) is 24.2 Å². The van der Waals surface area contributed by atoms with Crippen LogP contribution in [0.5, 0.6) is 17.2 Å². The van der Waals surface area contributed by atoms with Gasteiger partial charge in [0.1, 0.15) is 17.2 Å². The van der Waals surface area contributed by atoms with E-state index in [4.69, 9.17) is 4.74 Å². The largest absolute Gasteiger partial charge is 0.508 e. The Bertz CT molecular complexity index is 2120. The van der Waals surface area contributed by atoms with Gasteiger partial charge in [0.05, 0.1) is 24.4 Å². The van der Waals surface area contributed by atoms with Crippen LogP contribution in [0.25, 0.3) is 5.57 Å². The first-order chi connectivity index (χ1) is 24.7. The fourth-order valence-corrected chi connectivity index (χ4v) is 9.35. The number of amides is 2. The maximum Gasteiger partial charge on any atom is 0.233 e. The first-order valence-corrected chi connectivity index (χ1v) is 17.3. The average Bonchev–Trinajstić information content (AvgIpc) is 3.40. The number of phenolic OH excluding ortho intramolecular Hbond substituents is 2. The number of benzene rings is 4. The molecule has 0 unspecified atom stereocenters. The highest BCUT2D eigenvalue weighted by atomic mass is 16.5. The number of ketones is 2. The molecule has 3 aliphatic carbocycles. The fraction of sp³-hybridized carbons (Fsp3) is 0.256. The zero-order chi connectivity index (χ0) is 35.4. The Balaban J connectivity index is 1.30. The summed E-state index contributed by atoms with van der Waals surface area (Å²) in [5, 5.41) is 20.2. The van der Waals surface area contributed by atoms with Gasteiger partial charge >= 0.3 is 0 Å². The maximum absolute atomic E-state index is 15.2. The predicted octanol–water partition coefficient (Wildman–Crippen LogP) is 6.17. The van der Waals surface area contributed by atoms with Gasteiger partial charge in [0.15, 0.2) is 11.6 Å². The highest BCUT2D eigenvalue weighted by Crippen LogP contribution is 2.64. The quantitative estimate of drug-likeness (QED) is 0.177. The van der Waals surface area contributed by atoms with Crippen LogP contribution in [0, 0.1) is 23.7 Å². The summed E-state index contributed by atoms with van der Waals surface area (Å²) in [7, 11) is 1.50. The number of hydrogen-bond donors (Lipinski definition) is 2. The van der Waals surface area contributed by atoms with Crippen molar-refractivity contribution in [3.8, 4) is 17.2 Å². The van der Waals surface area contributed by atoms with E-state index >= 15 is 9.59 Å². The molecule has 8 heteroatoms. The lowest BCUT2D eigenvalue weighted by atomic mass is 9.44. The first kappa shape index (κ1) is 32.4. The number of methoxy groups -OCH3 is 1. The topological polar surface area (TPSA) is 121 Å². The van der Waals surface area contributed by atoms with Gasteiger partial charge in [-0.25, -0.2) is 0 Å². The van der Waals surface area contributed by atoms with Gasteiger partial charge in [-0.05, 0) is 66.1 Å². The molecule has 6 atom stereocenters. The molecule has 8 nitrogen and oxygen atoms in total. The van der Waals surface area contributed by atoms with Crippen LogP contribution in [-0.4, -0.2) is 52.1 Å². The SMILES string of the molecule is COc1cc(O)ccc1[C@H]1C2=CC[C@@H]3C(=O)N(CCc4ccc(O)cc4)C(=O)[C@@H]3[C@@H]2C[C@H]2C(=O)C(c3ccccc3)=CC(=O)[C@@]12c1ccccc1. The first-order valence-electron chi connectivity index (χ1n) is 17.3. The Labute approximate surface area is 295 Å². The molecule has 0 bridgehead atoms. The number of imide groups is 1. The van der Waals surface area contributed by atoms with Gasteiger partial charge < -0.3 is 14.9 Å². The minimum atomic E-state index is -1.39. The van der Waals surface area contributed by atoms with Crippen molar-refractivity contribution in [1.82, 2.24) is 4.90 Å². The van der Waals surface area contributed by atoms with Crippen molar-refractivity contribution in [2.75, 3.05) is 13.7 Å². The normalized spacial score (nSPS) is 26.9. The number of carbonyl (C=O) groups is 4. The molecule has 51 heavy (non-hydrogen) atoms. The molecule has 4 aliphatic rings. The number of carbonyl (C=O) groups excluding carboxylic acids is 4. The lowest BCUT2D eigenvalue weighted by Crippen LogP contribution is -2.58. The summed E-state index contributed by atoms with van der Waals surface area (Å²) in [5.74, 6) is -3.81. The molecule has 2 N–H and O–H groups in total. The molecule has 4 aromatic carbocycles. The van der Waals surface area contributed by atoms with Crippen molar-refractivity contribution < 1.29 is 34.1 Å². The Morgan fingerprint density at radius 1 is 0.804 bits per heavy atom. The molecule has 1 saturated heterocycles. The lowest BCUT2D eigenvalue weighted by molar-refractivity contribution is -0.140. The van der Waals surface area contributed by atoms with Crippen LogP contribution in [0.4, 0.5) is 0 Å². The number of phenols is 2. The molecular formula is C43H37NO7. The van der Waals surface area contributed by atoms with Gasteiger partial charge in [0.2, 0.25) is 11.8 Å². The number of allylic oxidation sites excluding steroid dienone is 4. The van der Waals surface area contributed by atoms with Gasteiger partial charge in [-0.15, -0.1) is 0 Å². The smallest absolute Gasteiger partial charge is 0.233 e. The van der Waals surface area contributed by atoms with Crippen LogP contribution in [0.15, 0.2) is 121 Å². The number of aromatic hydroxyl groups is 2. The van der Waals surface area contributed by atoms with E-state index in [0.717, 1.165) is 11.1 Å². The minimum absolute atomic E-state index is 0.0101. The Hall–Kier alpha value is -5.76. The number of rotatable bonds is 7. The number of fused-ring (bicyclic) bond motifs is 4. The maximum atomic E-state index is 15.2. The number of nitrogens with zero attached hydrogens (tertiary/aromatic N) is 1. The van der Waals surface area contributed by atoms with Crippen molar-refractivity contribution in [2.24, 2.45) is 23.7 Å². The summed E-state index contributed by atoms with van der Waals surface area (Å²) in [5.41, 5.74) is 2.61. The average molecular weight is 680 g/mol. The standard InChI is InChI=1S/C43H37NO7/c1-51-36-22-29(46)16-17-31(36)39-30-18-19-32-38(42(50)44(41(32)49)21-20-25-12-14-28(45)15-13-25)34(30)23-35-40(48)33(26-8-4-2-5-9-26)24-37(47)43(35,39)27-10-6-3-7-11-27/h2-18,22,24,32,34-35,38-39,45-46H,19-21,23H2,1H3/t32-,34+,35-,38-,39+,43-/m0/s1. The number of ether oxygens (including phenoxy) is 1. The Kier molecular flexibility index (Phi) is 7.97. The molecule has 0 radical (unpaired) electrons. The molecule has 4 aromatic rings. The van der Waals surface area contributed by atoms with Crippen LogP contribution < -0.4 is 4.74 Å². The third-order valence-electron chi connectivity index (χ3n) is 11.6. The van der Waals surface area contributed by atoms with Gasteiger partial charge in [-0.2, -0.15) is 0 Å². The van der Waals surface area contributed by atoms with Gasteiger partial charge in [0.25, 0.3) is 0 Å². The van der Waals surface area contributed by atoms with E-state index in [-0.39, 0.29) is 47.8 Å². The Morgan fingerprint density at radius 2 is 1.49 bits per heavy atom. The number of hydrogen-bond acceptors (Lipinski definition) is 7. The van der Waals surface area contributed by atoms with Crippen molar-refractivity contribution in [3.63, 3.8) is 0 Å². The summed E-state index contributed by atoms with van der Waals surface area (Å²) in [4.78, 5) is 60.0. The summed E-state index contributed by atoms with van der Waals surface area (Å²) in [6.45, 7) is 0.197. The van der Waals surface area contributed by atoms with Crippen LogP contribution in [-0.2, 0) is 31.0 Å². The monoisotopic (exact) mass is 679 g/mol. The Morgan fingerprint density at radius 3 is 2.20 bits per heavy atom. The predicted molar refractivity (Wildman–Crippen MR) is 190 cm³/mol. The molecule has 1 saturated carbocycles. The molecule has 0 aromatic heterocycles. The van der Waals surface area contributed by atoms with Gasteiger partial charge in [-0.3, -0.25) is 24.1 Å². The second-order valence-corrected chi connectivity index (χ2v) is 14.0. The van der Waals surface area contributed by atoms with Gasteiger partial charge in [-0.1, -0.05) is 90.5 Å². The zero-order valence-corrected chi connectivity index (χ0v) is 28.1. The second-order valence-electron chi connectivity index (χ2n) is 14.0. The number of likely N-dealkylation sites (tertiary alicyclic amines) is 1. The third kappa shape index (κ3) is 5.03. The van der Waals surface area contributed by atoms with E-state index in [1.54, 1.807) is 36.4 Å². The van der Waals surface area contributed by atoms with E-state index in [2.05, 4.69) is 0 Å². The van der Waals surface area contributed by atoms with E-state index in [1.807, 2.05) is 66.7 Å². The summed E-state index contributed by atoms with van der Waals surface area (Å²) >= 11 is 0. The van der Waals surface area contributed by atoms with E-state index < -0.39 is 35.0 Å². The van der Waals surface area contributed by atoms with Crippen molar-refractivity contribution >= 4 is 29.0 Å². The molecule has 256 valence electrons. The lowest BCUT2D eigenvalue weighted by Gasteiger charge is -2.55. The fourth-order valence-electron chi connectivity index (χ4n) is 9.35. The summed E-state index contributed by atoms with van der Waals surface area (Å²) < 4.78 is 5.85. The second kappa shape index (κ2) is 12.5. The molecular weight excluding hydrogens is 642 g/mol. The van der Waals surface area contributed by atoms with E-state index in [0.29, 0.717) is 40.9 Å². The van der Waals surface area contributed by atoms with Crippen LogP contribution in [0.2, 0.25) is 0 Å². The third-order valence-corrected chi connectivity index (χ3v) is 11.6. The van der Waals surface area contributed by atoms with E-state index in [9.17, 15) is 19.8 Å². The van der Waals surface area contributed by atoms with Crippen LogP contribution >= 0.6 is 0 Å².